The Morgan fingerprint density at radius 1 is 1.28 bits per heavy atom. The number of carbonyl (C=O) groups is 1. The Bertz CT molecular complexity index is 1110. The van der Waals surface area contributed by atoms with Gasteiger partial charge in [-0.3, -0.25) is 9.59 Å². The molecular weight excluding hydrogens is 320 g/mol. The maximum Gasteiger partial charge on any atom is 0.259 e. The fourth-order valence-corrected chi connectivity index (χ4v) is 2.92. The second kappa shape index (κ2) is 5.94. The van der Waals surface area contributed by atoms with E-state index in [0.717, 1.165) is 0 Å². The third kappa shape index (κ3) is 2.50. The summed E-state index contributed by atoms with van der Waals surface area (Å²) in [6.45, 7) is 2.76. The van der Waals surface area contributed by atoms with Gasteiger partial charge in [0.15, 0.2) is 0 Å². The number of carbonyl (C=O) groups excluding carboxylic acids is 1. The molecule has 3 heterocycles. The predicted octanol–water partition coefficient (Wildman–Crippen LogP) is 2.43. The molecule has 126 valence electrons. The SMILES string of the molecule is CCN(Cc1ccco1)C(=O)c1cnn2c1[nH]c(=O)c1ccccc12. The van der Waals surface area contributed by atoms with Crippen molar-refractivity contribution >= 4 is 22.5 Å². The summed E-state index contributed by atoms with van der Waals surface area (Å²) >= 11 is 0. The van der Waals surface area contributed by atoms with Crippen LogP contribution in [0.25, 0.3) is 16.6 Å². The third-order valence-electron chi connectivity index (χ3n) is 4.20. The molecule has 0 saturated carbocycles. The van der Waals surface area contributed by atoms with E-state index in [9.17, 15) is 9.59 Å². The Morgan fingerprint density at radius 2 is 2.12 bits per heavy atom. The van der Waals surface area contributed by atoms with E-state index in [1.165, 1.54) is 6.20 Å². The standard InChI is InChI=1S/C18H16N4O3/c1-2-21(11-12-6-5-9-25-12)18(24)14-10-19-22-15-8-4-3-7-13(15)17(23)20-16(14)22/h3-10H,2,11H2,1H3,(H,20,23). The lowest BCUT2D eigenvalue weighted by Crippen LogP contribution is -2.30. The first-order valence-electron chi connectivity index (χ1n) is 7.99. The molecule has 0 aliphatic heterocycles. The summed E-state index contributed by atoms with van der Waals surface area (Å²) in [5.74, 6) is 0.491. The molecule has 25 heavy (non-hydrogen) atoms. The van der Waals surface area contributed by atoms with E-state index in [0.29, 0.717) is 41.0 Å². The first-order chi connectivity index (χ1) is 12.2. The van der Waals surface area contributed by atoms with Crippen molar-refractivity contribution < 1.29 is 9.21 Å². The highest BCUT2D eigenvalue weighted by Gasteiger charge is 2.21. The Hall–Kier alpha value is -3.35. The van der Waals surface area contributed by atoms with Gasteiger partial charge < -0.3 is 14.3 Å². The predicted molar refractivity (Wildman–Crippen MR) is 92.4 cm³/mol. The first kappa shape index (κ1) is 15.2. The zero-order valence-electron chi connectivity index (χ0n) is 13.6. The van der Waals surface area contributed by atoms with Crippen molar-refractivity contribution in [2.24, 2.45) is 0 Å². The van der Waals surface area contributed by atoms with Crippen molar-refractivity contribution in [2.45, 2.75) is 13.5 Å². The van der Waals surface area contributed by atoms with Crippen LogP contribution >= 0.6 is 0 Å². The lowest BCUT2D eigenvalue weighted by molar-refractivity contribution is 0.0743. The minimum absolute atomic E-state index is 0.208. The largest absolute Gasteiger partial charge is 0.467 e. The van der Waals surface area contributed by atoms with Crippen LogP contribution in [-0.4, -0.2) is 31.9 Å². The van der Waals surface area contributed by atoms with Gasteiger partial charge in [-0.25, -0.2) is 4.52 Å². The molecule has 0 aliphatic carbocycles. The van der Waals surface area contributed by atoms with Crippen molar-refractivity contribution in [3.05, 3.63) is 70.5 Å². The molecule has 0 atom stereocenters. The van der Waals surface area contributed by atoms with E-state index in [4.69, 9.17) is 4.42 Å². The quantitative estimate of drug-likeness (QED) is 0.620. The number of hydrogen-bond donors (Lipinski definition) is 1. The number of amides is 1. The average molecular weight is 336 g/mol. The molecule has 4 aromatic rings. The van der Waals surface area contributed by atoms with Gasteiger partial charge in [0, 0.05) is 6.54 Å². The van der Waals surface area contributed by atoms with Gasteiger partial charge in [0.2, 0.25) is 0 Å². The van der Waals surface area contributed by atoms with E-state index in [1.807, 2.05) is 19.1 Å². The maximum atomic E-state index is 12.9. The number of H-pyrrole nitrogens is 1. The van der Waals surface area contributed by atoms with Crippen LogP contribution in [-0.2, 0) is 6.54 Å². The molecule has 7 nitrogen and oxygen atoms in total. The molecule has 3 aromatic heterocycles. The molecule has 0 unspecified atom stereocenters. The highest BCUT2D eigenvalue weighted by Crippen LogP contribution is 2.17. The van der Waals surface area contributed by atoms with Crippen LogP contribution in [0.3, 0.4) is 0 Å². The van der Waals surface area contributed by atoms with Crippen LogP contribution in [0.5, 0.6) is 0 Å². The molecule has 0 fully saturated rings. The summed E-state index contributed by atoms with van der Waals surface area (Å²) in [4.78, 5) is 29.7. The van der Waals surface area contributed by atoms with Crippen molar-refractivity contribution in [1.82, 2.24) is 19.5 Å². The van der Waals surface area contributed by atoms with Gasteiger partial charge in [-0.15, -0.1) is 0 Å². The van der Waals surface area contributed by atoms with Crippen molar-refractivity contribution in [3.63, 3.8) is 0 Å². The number of aromatic nitrogens is 3. The smallest absolute Gasteiger partial charge is 0.259 e. The Morgan fingerprint density at radius 3 is 2.88 bits per heavy atom. The van der Waals surface area contributed by atoms with Gasteiger partial charge in [-0.2, -0.15) is 5.10 Å². The minimum Gasteiger partial charge on any atom is -0.467 e. The number of para-hydroxylation sites is 1. The molecule has 1 amide bonds. The fraction of sp³-hybridized carbons (Fsp3) is 0.167. The van der Waals surface area contributed by atoms with Gasteiger partial charge in [0.05, 0.1) is 29.9 Å². The molecule has 1 N–H and O–H groups in total. The molecule has 7 heteroatoms. The Kier molecular flexibility index (Phi) is 3.61. The van der Waals surface area contributed by atoms with E-state index in [1.54, 1.807) is 39.9 Å². The summed E-state index contributed by atoms with van der Waals surface area (Å²) in [5, 5.41) is 4.83. The van der Waals surface area contributed by atoms with E-state index < -0.39 is 0 Å². The lowest BCUT2D eigenvalue weighted by atomic mass is 10.2. The van der Waals surface area contributed by atoms with Gasteiger partial charge in [0.1, 0.15) is 17.0 Å². The fourth-order valence-electron chi connectivity index (χ4n) is 2.92. The molecule has 0 radical (unpaired) electrons. The molecule has 0 aliphatic rings. The normalized spacial score (nSPS) is 11.2. The molecule has 0 spiro atoms. The van der Waals surface area contributed by atoms with Crippen LogP contribution in [0, 0.1) is 0 Å². The highest BCUT2D eigenvalue weighted by atomic mass is 16.3. The van der Waals surface area contributed by atoms with Gasteiger partial charge in [-0.05, 0) is 31.2 Å². The number of hydrogen-bond acceptors (Lipinski definition) is 4. The van der Waals surface area contributed by atoms with Gasteiger partial charge in [0.25, 0.3) is 11.5 Å². The zero-order chi connectivity index (χ0) is 17.4. The van der Waals surface area contributed by atoms with Crippen LogP contribution < -0.4 is 5.56 Å². The number of nitrogens with zero attached hydrogens (tertiary/aromatic N) is 3. The average Bonchev–Trinajstić information content (AvgIpc) is 3.29. The van der Waals surface area contributed by atoms with Crippen LogP contribution in [0.15, 0.2) is 58.1 Å². The molecule has 0 bridgehead atoms. The first-order valence-corrected chi connectivity index (χ1v) is 7.99. The Labute approximate surface area is 142 Å². The summed E-state index contributed by atoms with van der Waals surface area (Å²) in [6.07, 6.45) is 3.07. The third-order valence-corrected chi connectivity index (χ3v) is 4.20. The highest BCUT2D eigenvalue weighted by molar-refractivity contribution is 6.00. The van der Waals surface area contributed by atoms with Crippen LogP contribution in [0.1, 0.15) is 23.0 Å². The van der Waals surface area contributed by atoms with E-state index in [2.05, 4.69) is 10.1 Å². The summed E-state index contributed by atoms with van der Waals surface area (Å²) in [6, 6.07) is 10.8. The second-order valence-electron chi connectivity index (χ2n) is 5.69. The summed E-state index contributed by atoms with van der Waals surface area (Å²) < 4.78 is 6.91. The van der Waals surface area contributed by atoms with Crippen molar-refractivity contribution in [2.75, 3.05) is 6.54 Å². The van der Waals surface area contributed by atoms with Crippen LogP contribution in [0.4, 0.5) is 0 Å². The minimum atomic E-state index is -0.244. The summed E-state index contributed by atoms with van der Waals surface area (Å²) in [5.41, 5.74) is 1.17. The molecule has 0 saturated heterocycles. The number of fused-ring (bicyclic) bond motifs is 3. The molecule has 1 aromatic carbocycles. The number of furan rings is 1. The number of benzene rings is 1. The second-order valence-corrected chi connectivity index (χ2v) is 5.69. The van der Waals surface area contributed by atoms with Gasteiger partial charge >= 0.3 is 0 Å². The topological polar surface area (TPSA) is 83.6 Å². The van der Waals surface area contributed by atoms with Crippen molar-refractivity contribution in [3.8, 4) is 0 Å². The zero-order valence-corrected chi connectivity index (χ0v) is 13.6. The van der Waals surface area contributed by atoms with Crippen molar-refractivity contribution in [1.29, 1.82) is 0 Å². The van der Waals surface area contributed by atoms with Crippen LogP contribution in [0.2, 0.25) is 0 Å². The van der Waals surface area contributed by atoms with E-state index in [-0.39, 0.29) is 11.5 Å². The maximum absolute atomic E-state index is 12.9. The molecular formula is C18H16N4O3. The lowest BCUT2D eigenvalue weighted by Gasteiger charge is -2.18. The number of rotatable bonds is 4. The van der Waals surface area contributed by atoms with Gasteiger partial charge in [-0.1, -0.05) is 12.1 Å². The summed E-state index contributed by atoms with van der Waals surface area (Å²) in [7, 11) is 0. The monoisotopic (exact) mass is 336 g/mol. The number of aromatic amines is 1. The number of nitrogens with one attached hydrogen (secondary N) is 1. The Balaban J connectivity index is 1.81. The van der Waals surface area contributed by atoms with E-state index >= 15 is 0 Å². The molecule has 4 rings (SSSR count).